The fourth-order valence-corrected chi connectivity index (χ4v) is 2.86. The van der Waals surface area contributed by atoms with Gasteiger partial charge in [-0.1, -0.05) is 42.7 Å². The highest BCUT2D eigenvalue weighted by Gasteiger charge is 2.16. The third-order valence-corrected chi connectivity index (χ3v) is 4.22. The van der Waals surface area contributed by atoms with E-state index in [0.717, 1.165) is 17.3 Å². The minimum Gasteiger partial charge on any atom is -0.439 e. The number of nitrogens with one attached hydrogen (secondary N) is 2. The summed E-state index contributed by atoms with van der Waals surface area (Å²) in [6.45, 7) is 2.60. The molecule has 0 amide bonds. The first kappa shape index (κ1) is 15.6. The Bertz CT molecular complexity index is 654. The van der Waals surface area contributed by atoms with Gasteiger partial charge >= 0.3 is 0 Å². The second-order valence-electron chi connectivity index (χ2n) is 6.04. The van der Waals surface area contributed by atoms with Gasteiger partial charge in [-0.25, -0.2) is 4.98 Å². The van der Waals surface area contributed by atoms with Crippen LogP contribution in [0.1, 0.15) is 37.1 Å². The van der Waals surface area contributed by atoms with Crippen LogP contribution in [0.25, 0.3) is 11.3 Å². The van der Waals surface area contributed by atoms with Crippen LogP contribution in [0.4, 0.5) is 0 Å². The molecule has 23 heavy (non-hydrogen) atoms. The van der Waals surface area contributed by atoms with Crippen molar-refractivity contribution < 1.29 is 4.42 Å². The summed E-state index contributed by atoms with van der Waals surface area (Å²) in [5.74, 6) is 2.27. The number of aliphatic imine (C=N–C) groups is 1. The van der Waals surface area contributed by atoms with E-state index < -0.39 is 0 Å². The molecule has 1 aliphatic rings. The van der Waals surface area contributed by atoms with E-state index in [1.165, 1.54) is 31.2 Å². The predicted molar refractivity (Wildman–Crippen MR) is 92.3 cm³/mol. The van der Waals surface area contributed by atoms with Crippen molar-refractivity contribution in [1.82, 2.24) is 15.6 Å². The lowest BCUT2D eigenvalue weighted by atomic mass is 10.1. The molecule has 0 spiro atoms. The Labute approximate surface area is 137 Å². The zero-order chi connectivity index (χ0) is 16.1. The lowest BCUT2D eigenvalue weighted by molar-refractivity contribution is 0.495. The fraction of sp³-hybridized carbons (Fsp3) is 0.444. The van der Waals surface area contributed by atoms with Gasteiger partial charge in [-0.3, -0.25) is 4.99 Å². The second kappa shape index (κ2) is 7.31. The molecular formula is C18H24N4O. The molecule has 0 atom stereocenters. The highest BCUT2D eigenvalue weighted by molar-refractivity contribution is 5.79. The monoisotopic (exact) mass is 312 g/mol. The van der Waals surface area contributed by atoms with Crippen LogP contribution < -0.4 is 10.6 Å². The van der Waals surface area contributed by atoms with Crippen molar-refractivity contribution >= 4 is 5.96 Å². The first-order valence-electron chi connectivity index (χ1n) is 8.23. The maximum Gasteiger partial charge on any atom is 0.214 e. The zero-order valence-electron chi connectivity index (χ0n) is 13.8. The van der Waals surface area contributed by atoms with Crippen molar-refractivity contribution in [3.8, 4) is 11.3 Å². The SMILES string of the molecule is CN=C(NCc1ncc(-c2ccc(C)cc2)o1)NC1CCCC1. The van der Waals surface area contributed by atoms with Crippen LogP contribution in [-0.4, -0.2) is 24.0 Å². The van der Waals surface area contributed by atoms with E-state index in [-0.39, 0.29) is 0 Å². The molecule has 0 aliphatic heterocycles. The van der Waals surface area contributed by atoms with E-state index in [1.54, 1.807) is 13.2 Å². The molecule has 1 aromatic carbocycles. The van der Waals surface area contributed by atoms with Crippen molar-refractivity contribution in [1.29, 1.82) is 0 Å². The van der Waals surface area contributed by atoms with Gasteiger partial charge in [0, 0.05) is 18.7 Å². The molecular weight excluding hydrogens is 288 g/mol. The van der Waals surface area contributed by atoms with Crippen LogP contribution in [0.15, 0.2) is 39.9 Å². The molecule has 3 rings (SSSR count). The second-order valence-corrected chi connectivity index (χ2v) is 6.04. The molecule has 1 heterocycles. The lowest BCUT2D eigenvalue weighted by Gasteiger charge is -2.15. The molecule has 0 saturated heterocycles. The number of oxazole rings is 1. The fourth-order valence-electron chi connectivity index (χ4n) is 2.86. The van der Waals surface area contributed by atoms with E-state index in [2.05, 4.69) is 39.7 Å². The van der Waals surface area contributed by atoms with Gasteiger partial charge in [0.15, 0.2) is 11.7 Å². The number of rotatable bonds is 4. The first-order chi connectivity index (χ1) is 11.2. The summed E-state index contributed by atoms with van der Waals surface area (Å²) in [6, 6.07) is 8.78. The van der Waals surface area contributed by atoms with Crippen LogP contribution >= 0.6 is 0 Å². The van der Waals surface area contributed by atoms with Crippen LogP contribution in [0.3, 0.4) is 0 Å². The number of nitrogens with zero attached hydrogens (tertiary/aromatic N) is 2. The Hall–Kier alpha value is -2.30. The highest BCUT2D eigenvalue weighted by Crippen LogP contribution is 2.21. The number of benzene rings is 1. The third kappa shape index (κ3) is 4.12. The summed E-state index contributed by atoms with van der Waals surface area (Å²) >= 11 is 0. The predicted octanol–water partition coefficient (Wildman–Crippen LogP) is 3.26. The van der Waals surface area contributed by atoms with Crippen molar-refractivity contribution in [2.24, 2.45) is 4.99 Å². The summed E-state index contributed by atoms with van der Waals surface area (Å²) in [6.07, 6.45) is 6.81. The van der Waals surface area contributed by atoms with Gasteiger partial charge in [-0.05, 0) is 19.8 Å². The average molecular weight is 312 g/mol. The topological polar surface area (TPSA) is 62.5 Å². The van der Waals surface area contributed by atoms with Crippen LogP contribution in [-0.2, 0) is 6.54 Å². The Morgan fingerprint density at radius 1 is 1.26 bits per heavy atom. The Morgan fingerprint density at radius 2 is 2.00 bits per heavy atom. The summed E-state index contributed by atoms with van der Waals surface area (Å²) in [4.78, 5) is 8.61. The molecule has 0 unspecified atom stereocenters. The van der Waals surface area contributed by atoms with E-state index in [0.29, 0.717) is 18.5 Å². The van der Waals surface area contributed by atoms with Gasteiger partial charge < -0.3 is 15.1 Å². The molecule has 2 N–H and O–H groups in total. The van der Waals surface area contributed by atoms with Crippen LogP contribution in [0.2, 0.25) is 0 Å². The molecule has 0 radical (unpaired) electrons. The van der Waals surface area contributed by atoms with Gasteiger partial charge in [0.1, 0.15) is 0 Å². The van der Waals surface area contributed by atoms with E-state index in [4.69, 9.17) is 4.42 Å². The maximum absolute atomic E-state index is 5.82. The first-order valence-corrected chi connectivity index (χ1v) is 8.23. The molecule has 1 fully saturated rings. The minimum atomic E-state index is 0.526. The quantitative estimate of drug-likeness (QED) is 0.672. The summed E-state index contributed by atoms with van der Waals surface area (Å²) < 4.78 is 5.82. The van der Waals surface area contributed by atoms with Gasteiger partial charge in [0.2, 0.25) is 5.89 Å². The van der Waals surface area contributed by atoms with E-state index in [1.807, 2.05) is 12.1 Å². The largest absolute Gasteiger partial charge is 0.439 e. The van der Waals surface area contributed by atoms with Crippen LogP contribution in [0, 0.1) is 6.92 Å². The highest BCUT2D eigenvalue weighted by atomic mass is 16.4. The van der Waals surface area contributed by atoms with Crippen LogP contribution in [0.5, 0.6) is 0 Å². The number of hydrogen-bond acceptors (Lipinski definition) is 3. The number of aromatic nitrogens is 1. The number of guanidine groups is 1. The molecule has 2 aromatic rings. The van der Waals surface area contributed by atoms with Gasteiger partial charge in [0.05, 0.1) is 12.7 Å². The summed E-state index contributed by atoms with van der Waals surface area (Å²) in [5, 5.41) is 6.72. The molecule has 1 aliphatic carbocycles. The number of hydrogen-bond donors (Lipinski definition) is 2. The lowest BCUT2D eigenvalue weighted by Crippen LogP contribution is -2.41. The van der Waals surface area contributed by atoms with Gasteiger partial charge in [-0.15, -0.1) is 0 Å². The van der Waals surface area contributed by atoms with E-state index in [9.17, 15) is 0 Å². The summed E-state index contributed by atoms with van der Waals surface area (Å²) in [7, 11) is 1.79. The normalized spacial score (nSPS) is 15.8. The molecule has 1 aromatic heterocycles. The zero-order valence-corrected chi connectivity index (χ0v) is 13.8. The van der Waals surface area contributed by atoms with Crippen molar-refractivity contribution in [2.75, 3.05) is 7.05 Å². The van der Waals surface area contributed by atoms with Crippen molar-refractivity contribution in [3.63, 3.8) is 0 Å². The standard InChI is InChI=1S/C18H24N4O/c1-13-7-9-14(10-8-13)16-11-20-17(23-16)12-21-18(19-2)22-15-5-3-4-6-15/h7-11,15H,3-6,12H2,1-2H3,(H2,19,21,22). The molecule has 122 valence electrons. The Kier molecular flexibility index (Phi) is 4.95. The number of aryl methyl sites for hydroxylation is 1. The summed E-state index contributed by atoms with van der Waals surface area (Å²) in [5.41, 5.74) is 2.28. The smallest absolute Gasteiger partial charge is 0.214 e. The van der Waals surface area contributed by atoms with Gasteiger partial charge in [0.25, 0.3) is 0 Å². The van der Waals surface area contributed by atoms with E-state index >= 15 is 0 Å². The van der Waals surface area contributed by atoms with Crippen molar-refractivity contribution in [3.05, 3.63) is 41.9 Å². The minimum absolute atomic E-state index is 0.526. The Morgan fingerprint density at radius 3 is 2.70 bits per heavy atom. The average Bonchev–Trinajstić information content (AvgIpc) is 3.24. The maximum atomic E-state index is 5.82. The molecule has 5 heteroatoms. The molecule has 0 bridgehead atoms. The third-order valence-electron chi connectivity index (χ3n) is 4.22. The Balaban J connectivity index is 1.57. The van der Waals surface area contributed by atoms with Gasteiger partial charge in [-0.2, -0.15) is 0 Å². The molecule has 5 nitrogen and oxygen atoms in total. The molecule has 1 saturated carbocycles. The van der Waals surface area contributed by atoms with Crippen molar-refractivity contribution in [2.45, 2.75) is 45.2 Å².